The predicted octanol–water partition coefficient (Wildman–Crippen LogP) is 6.23. The predicted molar refractivity (Wildman–Crippen MR) is 151 cm³/mol. The van der Waals surface area contributed by atoms with E-state index in [2.05, 4.69) is 23.5 Å². The van der Waals surface area contributed by atoms with Gasteiger partial charge in [-0.2, -0.15) is 0 Å². The van der Waals surface area contributed by atoms with Crippen LogP contribution in [0.15, 0.2) is 48.5 Å². The number of aliphatic carboxylic acids is 1. The smallest absolute Gasteiger partial charge is 0.481 e. The van der Waals surface area contributed by atoms with Gasteiger partial charge in [0.2, 0.25) is 0 Å². The van der Waals surface area contributed by atoms with E-state index in [0.29, 0.717) is 43.6 Å². The van der Waals surface area contributed by atoms with E-state index in [1.54, 1.807) is 11.0 Å². The molecular weight excluding hydrogens is 551 g/mol. The largest absolute Gasteiger partial charge is 0.573 e. The van der Waals surface area contributed by atoms with Gasteiger partial charge in [-0.05, 0) is 60.6 Å². The fourth-order valence-electron chi connectivity index (χ4n) is 5.97. The molecule has 2 saturated heterocycles. The van der Waals surface area contributed by atoms with Gasteiger partial charge < -0.3 is 19.6 Å². The summed E-state index contributed by atoms with van der Waals surface area (Å²) in [6, 6.07) is 12.3. The maximum absolute atomic E-state index is 14.1. The number of imide groups is 1. The molecule has 2 aromatic rings. The highest BCUT2D eigenvalue weighted by Gasteiger charge is 2.58. The molecule has 0 saturated carbocycles. The number of carbonyl (C=O) groups excluding carboxylic acids is 2. The molecule has 8 nitrogen and oxygen atoms in total. The third kappa shape index (κ3) is 7.17. The zero-order valence-electron chi connectivity index (χ0n) is 24.0. The van der Waals surface area contributed by atoms with Crippen LogP contribution in [0.3, 0.4) is 0 Å². The number of piperidine rings is 1. The lowest BCUT2D eigenvalue weighted by Gasteiger charge is -2.43. The van der Waals surface area contributed by atoms with Crippen molar-refractivity contribution in [1.29, 1.82) is 0 Å². The van der Waals surface area contributed by atoms with Crippen molar-refractivity contribution in [2.45, 2.75) is 77.2 Å². The van der Waals surface area contributed by atoms with Crippen LogP contribution >= 0.6 is 0 Å². The van der Waals surface area contributed by atoms with Crippen LogP contribution < -0.4 is 9.64 Å². The van der Waals surface area contributed by atoms with Crippen molar-refractivity contribution in [3.63, 3.8) is 0 Å². The van der Waals surface area contributed by atoms with E-state index < -0.39 is 17.9 Å². The van der Waals surface area contributed by atoms with Crippen LogP contribution in [0.25, 0.3) is 0 Å². The number of carboxylic acids is 1. The summed E-state index contributed by atoms with van der Waals surface area (Å²) >= 11 is 0. The topological polar surface area (TPSA) is 90.4 Å². The Labute approximate surface area is 244 Å². The first-order chi connectivity index (χ1) is 20.0. The molecule has 42 heavy (non-hydrogen) atoms. The van der Waals surface area contributed by atoms with Crippen molar-refractivity contribution in [2.75, 3.05) is 24.5 Å². The number of anilines is 1. The minimum atomic E-state index is -4.81. The number of ether oxygens (including phenoxy) is 1. The summed E-state index contributed by atoms with van der Waals surface area (Å²) in [4.78, 5) is 44.2. The average molecular weight is 590 g/mol. The molecule has 2 aromatic carbocycles. The number of halogens is 3. The Balaban J connectivity index is 1.58. The van der Waals surface area contributed by atoms with Gasteiger partial charge in [-0.15, -0.1) is 13.2 Å². The van der Waals surface area contributed by atoms with Crippen LogP contribution in [0.2, 0.25) is 0 Å². The van der Waals surface area contributed by atoms with Gasteiger partial charge >= 0.3 is 18.4 Å². The molecule has 4 rings (SSSR count). The summed E-state index contributed by atoms with van der Waals surface area (Å²) in [5.74, 6) is -1.31. The standard InChI is InChI=1S/C31H38F3N3O5/c1-3-5-7-22(4-2)20-36-28(40)30(14-16-35(17-15-30)25-9-6-8-24(18-25)19-27(38)39)37(29(36)41)21-23-10-12-26(13-11-23)42-31(32,33)34/h6,8-13,18,22H,3-5,7,14-17,19-21H2,1-2H3,(H,38,39). The van der Waals surface area contributed by atoms with Gasteiger partial charge in [-0.1, -0.05) is 57.4 Å². The number of benzene rings is 2. The summed E-state index contributed by atoms with van der Waals surface area (Å²) < 4.78 is 41.9. The van der Waals surface area contributed by atoms with Crippen LogP contribution in [-0.4, -0.2) is 64.3 Å². The fourth-order valence-corrected chi connectivity index (χ4v) is 5.97. The Hall–Kier alpha value is -3.76. The summed E-state index contributed by atoms with van der Waals surface area (Å²) in [6.45, 7) is 5.53. The minimum absolute atomic E-state index is 0.0766. The highest BCUT2D eigenvalue weighted by atomic mass is 19.4. The molecule has 2 aliphatic heterocycles. The number of carboxylic acid groups (broad SMARTS) is 1. The number of nitrogens with zero attached hydrogens (tertiary/aromatic N) is 3. The molecular formula is C31H38F3N3O5. The van der Waals surface area contributed by atoms with Crippen molar-refractivity contribution in [3.8, 4) is 5.75 Å². The van der Waals surface area contributed by atoms with Crippen LogP contribution in [0.4, 0.5) is 23.7 Å². The van der Waals surface area contributed by atoms with Crippen molar-refractivity contribution in [3.05, 3.63) is 59.7 Å². The molecule has 1 unspecified atom stereocenters. The zero-order valence-corrected chi connectivity index (χ0v) is 24.0. The first-order valence-corrected chi connectivity index (χ1v) is 14.5. The normalized spacial score (nSPS) is 17.7. The van der Waals surface area contributed by atoms with Crippen molar-refractivity contribution >= 4 is 23.6 Å². The second-order valence-corrected chi connectivity index (χ2v) is 11.2. The Morgan fingerprint density at radius 3 is 2.33 bits per heavy atom. The number of rotatable bonds is 12. The lowest BCUT2D eigenvalue weighted by atomic mass is 9.85. The van der Waals surface area contributed by atoms with Crippen LogP contribution in [0.5, 0.6) is 5.75 Å². The zero-order chi connectivity index (χ0) is 30.5. The molecule has 1 N–H and O–H groups in total. The van der Waals surface area contributed by atoms with E-state index >= 15 is 0 Å². The second-order valence-electron chi connectivity index (χ2n) is 11.2. The van der Waals surface area contributed by atoms with E-state index in [0.717, 1.165) is 31.4 Å². The van der Waals surface area contributed by atoms with Crippen molar-refractivity contribution in [1.82, 2.24) is 9.80 Å². The van der Waals surface area contributed by atoms with Gasteiger partial charge in [0.05, 0.1) is 6.42 Å². The number of hydrogen-bond donors (Lipinski definition) is 1. The molecule has 2 heterocycles. The van der Waals surface area contributed by atoms with E-state index in [-0.39, 0.29) is 36.6 Å². The van der Waals surface area contributed by atoms with E-state index in [9.17, 15) is 32.7 Å². The van der Waals surface area contributed by atoms with Crippen LogP contribution in [-0.2, 0) is 22.6 Å². The lowest BCUT2D eigenvalue weighted by molar-refractivity contribution is -0.274. The van der Waals surface area contributed by atoms with E-state index in [1.807, 2.05) is 18.2 Å². The van der Waals surface area contributed by atoms with Gasteiger partial charge in [0, 0.05) is 31.9 Å². The number of amides is 3. The summed E-state index contributed by atoms with van der Waals surface area (Å²) in [5.41, 5.74) is 1.05. The maximum Gasteiger partial charge on any atom is 0.573 e. The van der Waals surface area contributed by atoms with E-state index in [1.165, 1.54) is 29.2 Å². The first kappa shape index (κ1) is 31.2. The number of unbranched alkanes of at least 4 members (excludes halogenated alkanes) is 1. The molecule has 0 bridgehead atoms. The molecule has 0 aliphatic carbocycles. The Kier molecular flexibility index (Phi) is 9.68. The Morgan fingerprint density at radius 1 is 1.05 bits per heavy atom. The van der Waals surface area contributed by atoms with E-state index in [4.69, 9.17) is 0 Å². The average Bonchev–Trinajstić information content (AvgIpc) is 3.12. The number of alkyl halides is 3. The number of carbonyl (C=O) groups is 3. The lowest BCUT2D eigenvalue weighted by Crippen LogP contribution is -2.56. The van der Waals surface area contributed by atoms with Crippen LogP contribution in [0.1, 0.15) is 63.5 Å². The quantitative estimate of drug-likeness (QED) is 0.295. The van der Waals surface area contributed by atoms with Gasteiger partial charge in [0.1, 0.15) is 11.3 Å². The molecule has 2 aliphatic rings. The molecule has 2 fully saturated rings. The molecule has 0 aromatic heterocycles. The van der Waals surface area contributed by atoms with Gasteiger partial charge in [0.15, 0.2) is 0 Å². The fraction of sp³-hybridized carbons (Fsp3) is 0.516. The Bertz CT molecular complexity index is 1260. The first-order valence-electron chi connectivity index (χ1n) is 14.5. The SMILES string of the molecule is CCCCC(CC)CN1C(=O)N(Cc2ccc(OC(F)(F)F)cc2)C2(CCN(c3cccc(CC(=O)O)c3)CC2)C1=O. The number of urea groups is 1. The number of hydrogen-bond acceptors (Lipinski definition) is 5. The molecule has 3 amide bonds. The van der Waals surface area contributed by atoms with Crippen LogP contribution in [0, 0.1) is 5.92 Å². The van der Waals surface area contributed by atoms with Crippen molar-refractivity contribution in [2.24, 2.45) is 5.92 Å². The highest BCUT2D eigenvalue weighted by Crippen LogP contribution is 2.40. The third-order valence-electron chi connectivity index (χ3n) is 8.33. The summed E-state index contributed by atoms with van der Waals surface area (Å²) in [6.07, 6.45) is -0.374. The summed E-state index contributed by atoms with van der Waals surface area (Å²) in [7, 11) is 0. The van der Waals surface area contributed by atoms with Gasteiger partial charge in [0.25, 0.3) is 5.91 Å². The minimum Gasteiger partial charge on any atom is -0.481 e. The third-order valence-corrected chi connectivity index (χ3v) is 8.33. The highest BCUT2D eigenvalue weighted by molar-refractivity contribution is 6.07. The molecule has 1 atom stereocenters. The van der Waals surface area contributed by atoms with Gasteiger partial charge in [-0.3, -0.25) is 14.5 Å². The summed E-state index contributed by atoms with van der Waals surface area (Å²) in [5, 5.41) is 9.18. The van der Waals surface area contributed by atoms with Gasteiger partial charge in [-0.25, -0.2) is 4.79 Å². The monoisotopic (exact) mass is 589 g/mol. The molecule has 1 spiro atoms. The second kappa shape index (κ2) is 13.0. The maximum atomic E-state index is 14.1. The molecule has 228 valence electrons. The molecule has 0 radical (unpaired) electrons. The molecule has 11 heteroatoms. The van der Waals surface area contributed by atoms with Crippen molar-refractivity contribution < 1.29 is 37.4 Å². The Morgan fingerprint density at radius 2 is 1.74 bits per heavy atom.